The highest BCUT2D eigenvalue weighted by Crippen LogP contribution is 2.26. The topological polar surface area (TPSA) is 0 Å². The molecule has 0 N–H and O–H groups in total. The molecule has 1 aromatic carbocycles. The van der Waals surface area contributed by atoms with Crippen LogP contribution in [-0.2, 0) is 5.41 Å². The molecule has 0 saturated heterocycles. The molecule has 0 heterocycles. The Kier molecular flexibility index (Phi) is 3.82. The summed E-state index contributed by atoms with van der Waals surface area (Å²) in [6, 6.07) is 8.75. The van der Waals surface area contributed by atoms with Gasteiger partial charge in [0.05, 0.1) is 0 Å². The lowest BCUT2D eigenvalue weighted by molar-refractivity contribution is 0.588. The summed E-state index contributed by atoms with van der Waals surface area (Å²) in [6.07, 6.45) is 1.94. The van der Waals surface area contributed by atoms with Crippen LogP contribution in [0.1, 0.15) is 26.3 Å². The minimum Gasteiger partial charge on any atom is -0.122 e. The summed E-state index contributed by atoms with van der Waals surface area (Å²) in [6.45, 7) is 10.4. The zero-order chi connectivity index (χ0) is 10.6. The van der Waals surface area contributed by atoms with Crippen LogP contribution in [0.4, 0.5) is 0 Å². The lowest BCUT2D eigenvalue weighted by Crippen LogP contribution is -2.10. The van der Waals surface area contributed by atoms with Crippen molar-refractivity contribution in [2.24, 2.45) is 0 Å². The van der Waals surface area contributed by atoms with Crippen molar-refractivity contribution >= 4 is 11.8 Å². The van der Waals surface area contributed by atoms with E-state index in [4.69, 9.17) is 0 Å². The molecule has 0 aliphatic rings. The summed E-state index contributed by atoms with van der Waals surface area (Å²) in [7, 11) is 0. The fraction of sp³-hybridized carbons (Fsp3) is 0.385. The van der Waals surface area contributed by atoms with Crippen LogP contribution in [0.2, 0.25) is 0 Å². The maximum absolute atomic E-state index is 3.73. The summed E-state index contributed by atoms with van der Waals surface area (Å²) >= 11 is 1.83. The summed E-state index contributed by atoms with van der Waals surface area (Å²) in [5.74, 6) is 0.980. The summed E-state index contributed by atoms with van der Waals surface area (Å²) in [5, 5.41) is 0. The van der Waals surface area contributed by atoms with Crippen LogP contribution in [0, 0.1) is 0 Å². The van der Waals surface area contributed by atoms with Crippen molar-refractivity contribution in [1.82, 2.24) is 0 Å². The Balaban J connectivity index is 2.84. The van der Waals surface area contributed by atoms with Crippen molar-refractivity contribution in [3.05, 3.63) is 42.5 Å². The number of thioether (sulfide) groups is 1. The SMILES string of the molecule is C=CCSc1cccc(C(C)(C)C)c1. The zero-order valence-corrected chi connectivity index (χ0v) is 10.0. The Bertz CT molecular complexity index is 307. The minimum atomic E-state index is 0.241. The van der Waals surface area contributed by atoms with Gasteiger partial charge in [-0.3, -0.25) is 0 Å². The number of benzene rings is 1. The van der Waals surface area contributed by atoms with E-state index in [0.29, 0.717) is 0 Å². The maximum Gasteiger partial charge on any atom is 0.0158 e. The van der Waals surface area contributed by atoms with Crippen LogP contribution in [0.15, 0.2) is 41.8 Å². The molecule has 1 aromatic rings. The average Bonchev–Trinajstić information content (AvgIpc) is 2.14. The maximum atomic E-state index is 3.73. The van der Waals surface area contributed by atoms with Crippen LogP contribution >= 0.6 is 11.8 Å². The minimum absolute atomic E-state index is 0.241. The van der Waals surface area contributed by atoms with E-state index in [1.54, 1.807) is 0 Å². The normalized spacial score (nSPS) is 11.4. The van der Waals surface area contributed by atoms with Crippen molar-refractivity contribution in [1.29, 1.82) is 0 Å². The van der Waals surface area contributed by atoms with Crippen LogP contribution < -0.4 is 0 Å². The van der Waals surface area contributed by atoms with Crippen LogP contribution in [-0.4, -0.2) is 5.75 Å². The third-order valence-corrected chi connectivity index (χ3v) is 3.06. The zero-order valence-electron chi connectivity index (χ0n) is 9.21. The van der Waals surface area contributed by atoms with E-state index in [0.717, 1.165) is 5.75 Å². The second kappa shape index (κ2) is 4.70. The molecule has 0 radical (unpaired) electrons. The van der Waals surface area contributed by atoms with E-state index in [2.05, 4.69) is 51.6 Å². The Morgan fingerprint density at radius 1 is 1.36 bits per heavy atom. The van der Waals surface area contributed by atoms with E-state index in [9.17, 15) is 0 Å². The highest BCUT2D eigenvalue weighted by Gasteiger charge is 2.13. The molecule has 0 aromatic heterocycles. The van der Waals surface area contributed by atoms with Crippen molar-refractivity contribution in [2.75, 3.05) is 5.75 Å². The second-order valence-electron chi connectivity index (χ2n) is 4.38. The molecule has 0 atom stereocenters. The van der Waals surface area contributed by atoms with Crippen molar-refractivity contribution in [2.45, 2.75) is 31.1 Å². The van der Waals surface area contributed by atoms with Gasteiger partial charge < -0.3 is 0 Å². The molecule has 0 saturated carbocycles. The first-order valence-electron chi connectivity index (χ1n) is 4.88. The summed E-state index contributed by atoms with van der Waals surface area (Å²) in [5.41, 5.74) is 1.64. The van der Waals surface area contributed by atoms with Gasteiger partial charge in [-0.05, 0) is 23.1 Å². The Morgan fingerprint density at radius 3 is 2.64 bits per heavy atom. The predicted octanol–water partition coefficient (Wildman–Crippen LogP) is 4.26. The Hall–Kier alpha value is -0.690. The van der Waals surface area contributed by atoms with E-state index in [1.807, 2.05) is 17.8 Å². The summed E-state index contributed by atoms with van der Waals surface area (Å²) < 4.78 is 0. The van der Waals surface area contributed by atoms with Gasteiger partial charge in [-0.2, -0.15) is 0 Å². The van der Waals surface area contributed by atoms with E-state index in [-0.39, 0.29) is 5.41 Å². The Labute approximate surface area is 91.4 Å². The van der Waals surface area contributed by atoms with Crippen molar-refractivity contribution < 1.29 is 0 Å². The molecule has 0 aliphatic heterocycles. The fourth-order valence-corrected chi connectivity index (χ4v) is 1.90. The first-order valence-corrected chi connectivity index (χ1v) is 5.87. The van der Waals surface area contributed by atoms with Crippen molar-refractivity contribution in [3.63, 3.8) is 0 Å². The predicted molar refractivity (Wildman–Crippen MR) is 66.1 cm³/mol. The highest BCUT2D eigenvalue weighted by molar-refractivity contribution is 7.99. The lowest BCUT2D eigenvalue weighted by atomic mass is 9.87. The van der Waals surface area contributed by atoms with E-state index >= 15 is 0 Å². The molecule has 0 amide bonds. The Morgan fingerprint density at radius 2 is 2.07 bits per heavy atom. The highest BCUT2D eigenvalue weighted by atomic mass is 32.2. The third kappa shape index (κ3) is 3.22. The summed E-state index contributed by atoms with van der Waals surface area (Å²) in [4.78, 5) is 1.33. The van der Waals surface area contributed by atoms with E-state index in [1.165, 1.54) is 10.5 Å². The molecule has 0 fully saturated rings. The van der Waals surface area contributed by atoms with Gasteiger partial charge in [0.2, 0.25) is 0 Å². The molecule has 0 bridgehead atoms. The monoisotopic (exact) mass is 206 g/mol. The van der Waals surface area contributed by atoms with E-state index < -0.39 is 0 Å². The molecule has 14 heavy (non-hydrogen) atoms. The largest absolute Gasteiger partial charge is 0.122 e. The lowest BCUT2D eigenvalue weighted by Gasteiger charge is -2.19. The number of hydrogen-bond acceptors (Lipinski definition) is 1. The van der Waals surface area contributed by atoms with Crippen molar-refractivity contribution in [3.8, 4) is 0 Å². The van der Waals surface area contributed by atoms with Crippen LogP contribution in [0.5, 0.6) is 0 Å². The smallest absolute Gasteiger partial charge is 0.0158 e. The second-order valence-corrected chi connectivity index (χ2v) is 5.47. The van der Waals surface area contributed by atoms with Gasteiger partial charge >= 0.3 is 0 Å². The van der Waals surface area contributed by atoms with Gasteiger partial charge in [-0.15, -0.1) is 18.3 Å². The van der Waals surface area contributed by atoms with Gasteiger partial charge in [0.15, 0.2) is 0 Å². The molecular weight excluding hydrogens is 188 g/mol. The molecule has 1 heteroatoms. The van der Waals surface area contributed by atoms with Gasteiger partial charge in [-0.1, -0.05) is 39.0 Å². The van der Waals surface area contributed by atoms with Gasteiger partial charge in [0.1, 0.15) is 0 Å². The molecule has 0 spiro atoms. The third-order valence-electron chi connectivity index (χ3n) is 2.07. The van der Waals surface area contributed by atoms with Gasteiger partial charge in [0.25, 0.3) is 0 Å². The molecule has 0 nitrogen and oxygen atoms in total. The van der Waals surface area contributed by atoms with Crippen LogP contribution in [0.3, 0.4) is 0 Å². The molecular formula is C13H18S. The first-order chi connectivity index (χ1) is 6.54. The number of hydrogen-bond donors (Lipinski definition) is 0. The standard InChI is InChI=1S/C13H18S/c1-5-9-14-12-8-6-7-11(10-12)13(2,3)4/h5-8,10H,1,9H2,2-4H3. The quantitative estimate of drug-likeness (QED) is 0.526. The first kappa shape index (κ1) is 11.4. The number of rotatable bonds is 3. The molecule has 0 unspecified atom stereocenters. The average molecular weight is 206 g/mol. The van der Waals surface area contributed by atoms with Gasteiger partial charge in [-0.25, -0.2) is 0 Å². The molecule has 0 aliphatic carbocycles. The fourth-order valence-electron chi connectivity index (χ4n) is 1.21. The van der Waals surface area contributed by atoms with Gasteiger partial charge in [0, 0.05) is 10.6 Å². The molecule has 76 valence electrons. The molecule has 1 rings (SSSR count). The van der Waals surface area contributed by atoms with Crippen LogP contribution in [0.25, 0.3) is 0 Å².